The Balaban J connectivity index is 1.59. The molecule has 0 spiro atoms. The summed E-state index contributed by atoms with van der Waals surface area (Å²) in [5, 5.41) is 10.2. The Morgan fingerprint density at radius 1 is 1.19 bits per heavy atom. The maximum atomic E-state index is 11.8. The number of aromatic nitrogens is 2. The predicted octanol–water partition coefficient (Wildman–Crippen LogP) is 3.67. The molecule has 0 fully saturated rings. The van der Waals surface area contributed by atoms with Gasteiger partial charge in [-0.3, -0.25) is 0 Å². The average molecular weight is 319 g/mol. The fourth-order valence-electron chi connectivity index (χ4n) is 1.82. The van der Waals surface area contributed by atoms with Crippen LogP contribution in [-0.4, -0.2) is 15.6 Å². The summed E-state index contributed by atoms with van der Waals surface area (Å²) in [6.45, 7) is 0.434. The largest absolute Gasteiger partial charge is 0.334 e. The van der Waals surface area contributed by atoms with E-state index >= 15 is 0 Å². The molecule has 3 rings (SSSR count). The molecule has 0 saturated carbocycles. The number of carbonyl (C=O) groups is 1. The number of hydrogen-bond donors (Lipinski definition) is 2. The van der Waals surface area contributed by atoms with Crippen LogP contribution in [0.15, 0.2) is 42.5 Å². The van der Waals surface area contributed by atoms with Crippen molar-refractivity contribution in [3.63, 3.8) is 0 Å². The highest BCUT2D eigenvalue weighted by molar-refractivity contribution is 7.12. The number of halogens is 1. The van der Waals surface area contributed by atoms with Gasteiger partial charge >= 0.3 is 6.03 Å². The Morgan fingerprint density at radius 2 is 2.00 bits per heavy atom. The Labute approximate surface area is 130 Å². The summed E-state index contributed by atoms with van der Waals surface area (Å²) >= 11 is 7.13. The lowest BCUT2D eigenvalue weighted by atomic mass is 10.2. The molecule has 0 saturated heterocycles. The smallest absolute Gasteiger partial charge is 0.319 e. The number of urea groups is 1. The first-order chi connectivity index (χ1) is 10.2. The summed E-state index contributed by atoms with van der Waals surface area (Å²) in [5.74, 6) is 0. The van der Waals surface area contributed by atoms with Gasteiger partial charge in [0.05, 0.1) is 4.70 Å². The monoisotopic (exact) mass is 318 g/mol. The third kappa shape index (κ3) is 3.48. The molecule has 0 aliphatic rings. The van der Waals surface area contributed by atoms with Crippen LogP contribution in [0.3, 0.4) is 0 Å². The van der Waals surface area contributed by atoms with Gasteiger partial charge in [-0.15, -0.1) is 5.10 Å². The van der Waals surface area contributed by atoms with Crippen molar-refractivity contribution in [3.8, 4) is 0 Å². The van der Waals surface area contributed by atoms with Gasteiger partial charge in [-0.25, -0.2) is 4.79 Å². The molecular formula is C14H11ClN4OS. The van der Waals surface area contributed by atoms with Crippen LogP contribution in [0.1, 0.15) is 5.56 Å². The molecule has 2 aromatic carbocycles. The van der Waals surface area contributed by atoms with E-state index in [1.165, 1.54) is 11.5 Å². The van der Waals surface area contributed by atoms with Gasteiger partial charge in [-0.2, -0.15) is 0 Å². The highest BCUT2D eigenvalue weighted by Gasteiger charge is 2.04. The van der Waals surface area contributed by atoms with Crippen LogP contribution in [-0.2, 0) is 6.54 Å². The van der Waals surface area contributed by atoms with Gasteiger partial charge in [0.2, 0.25) is 0 Å². The zero-order valence-electron chi connectivity index (χ0n) is 10.8. The molecule has 0 unspecified atom stereocenters. The number of anilines is 1. The SMILES string of the molecule is O=C(NCc1ccc(Cl)cc1)Nc1ccc2snnc2c1. The average Bonchev–Trinajstić information content (AvgIpc) is 2.94. The molecule has 3 aromatic rings. The van der Waals surface area contributed by atoms with Crippen LogP contribution in [0.5, 0.6) is 0 Å². The maximum Gasteiger partial charge on any atom is 0.319 e. The molecule has 0 atom stereocenters. The fraction of sp³-hybridized carbons (Fsp3) is 0.0714. The molecular weight excluding hydrogens is 308 g/mol. The van der Waals surface area contributed by atoms with E-state index in [9.17, 15) is 4.79 Å². The van der Waals surface area contributed by atoms with Gasteiger partial charge in [0.25, 0.3) is 0 Å². The highest BCUT2D eigenvalue weighted by Crippen LogP contribution is 2.19. The van der Waals surface area contributed by atoms with Gasteiger partial charge in [0.1, 0.15) is 5.52 Å². The topological polar surface area (TPSA) is 66.9 Å². The number of carbonyl (C=O) groups excluding carboxylic acids is 1. The zero-order chi connectivity index (χ0) is 14.7. The first-order valence-corrected chi connectivity index (χ1v) is 7.37. The van der Waals surface area contributed by atoms with Crippen LogP contribution < -0.4 is 10.6 Å². The van der Waals surface area contributed by atoms with E-state index in [-0.39, 0.29) is 6.03 Å². The van der Waals surface area contributed by atoms with Crippen molar-refractivity contribution in [2.45, 2.75) is 6.54 Å². The van der Waals surface area contributed by atoms with Gasteiger partial charge in [0.15, 0.2) is 0 Å². The fourth-order valence-corrected chi connectivity index (χ4v) is 2.48. The Bertz CT molecular complexity index is 772. The molecule has 1 aromatic heterocycles. The summed E-state index contributed by atoms with van der Waals surface area (Å²) in [4.78, 5) is 11.8. The van der Waals surface area contributed by atoms with Crippen molar-refractivity contribution in [2.75, 3.05) is 5.32 Å². The summed E-state index contributed by atoms with van der Waals surface area (Å²) < 4.78 is 4.85. The molecule has 1 heterocycles. The number of fused-ring (bicyclic) bond motifs is 1. The number of benzene rings is 2. The van der Waals surface area contributed by atoms with Gasteiger partial charge < -0.3 is 10.6 Å². The van der Waals surface area contributed by atoms with Gasteiger partial charge in [0, 0.05) is 17.3 Å². The second-order valence-electron chi connectivity index (χ2n) is 4.39. The minimum absolute atomic E-state index is 0.271. The normalized spacial score (nSPS) is 10.5. The minimum Gasteiger partial charge on any atom is -0.334 e. The van der Waals surface area contributed by atoms with Crippen LogP contribution in [0.2, 0.25) is 5.02 Å². The van der Waals surface area contributed by atoms with E-state index in [4.69, 9.17) is 11.6 Å². The van der Waals surface area contributed by atoms with Crippen molar-refractivity contribution in [1.29, 1.82) is 0 Å². The third-order valence-electron chi connectivity index (χ3n) is 2.87. The van der Waals surface area contributed by atoms with Crippen molar-refractivity contribution in [2.24, 2.45) is 0 Å². The number of rotatable bonds is 3. The highest BCUT2D eigenvalue weighted by atomic mass is 35.5. The second-order valence-corrected chi connectivity index (χ2v) is 5.61. The quantitative estimate of drug-likeness (QED) is 0.774. The van der Waals surface area contributed by atoms with Gasteiger partial charge in [-0.1, -0.05) is 28.2 Å². The van der Waals surface area contributed by atoms with E-state index in [0.717, 1.165) is 15.8 Å². The summed E-state index contributed by atoms with van der Waals surface area (Å²) in [6.07, 6.45) is 0. The molecule has 0 bridgehead atoms. The van der Waals surface area contributed by atoms with Gasteiger partial charge in [-0.05, 0) is 47.4 Å². The van der Waals surface area contributed by atoms with Crippen molar-refractivity contribution in [1.82, 2.24) is 14.9 Å². The first kappa shape index (κ1) is 13.8. The van der Waals surface area contributed by atoms with Crippen molar-refractivity contribution < 1.29 is 4.79 Å². The van der Waals surface area contributed by atoms with Crippen LogP contribution in [0.4, 0.5) is 10.5 Å². The lowest BCUT2D eigenvalue weighted by molar-refractivity contribution is 0.251. The van der Waals surface area contributed by atoms with E-state index < -0.39 is 0 Å². The van der Waals surface area contributed by atoms with E-state index in [1.54, 1.807) is 18.2 Å². The number of amides is 2. The van der Waals surface area contributed by atoms with Crippen molar-refractivity contribution in [3.05, 3.63) is 53.1 Å². The summed E-state index contributed by atoms with van der Waals surface area (Å²) in [7, 11) is 0. The second kappa shape index (κ2) is 6.07. The van der Waals surface area contributed by atoms with Crippen LogP contribution >= 0.6 is 23.1 Å². The molecule has 2 amide bonds. The molecule has 0 aliphatic heterocycles. The predicted molar refractivity (Wildman–Crippen MR) is 84.7 cm³/mol. The minimum atomic E-state index is -0.271. The zero-order valence-corrected chi connectivity index (χ0v) is 12.4. The molecule has 21 heavy (non-hydrogen) atoms. The van der Waals surface area contributed by atoms with Crippen LogP contribution in [0, 0.1) is 0 Å². The Kier molecular flexibility index (Phi) is 3.98. The molecule has 7 heteroatoms. The van der Waals surface area contributed by atoms with E-state index in [2.05, 4.69) is 20.2 Å². The van der Waals surface area contributed by atoms with Crippen molar-refractivity contribution >= 4 is 45.1 Å². The van der Waals surface area contributed by atoms with E-state index in [0.29, 0.717) is 17.3 Å². The Morgan fingerprint density at radius 3 is 2.81 bits per heavy atom. The lowest BCUT2D eigenvalue weighted by Gasteiger charge is -2.07. The molecule has 0 aliphatic carbocycles. The molecule has 106 valence electrons. The van der Waals surface area contributed by atoms with Crippen LogP contribution in [0.25, 0.3) is 10.2 Å². The molecule has 5 nitrogen and oxygen atoms in total. The lowest BCUT2D eigenvalue weighted by Crippen LogP contribution is -2.28. The number of hydrogen-bond acceptors (Lipinski definition) is 4. The number of nitrogens with zero attached hydrogens (tertiary/aromatic N) is 2. The standard InChI is InChI=1S/C14H11ClN4OS/c15-10-3-1-9(2-4-10)8-16-14(20)17-11-5-6-13-12(7-11)18-19-21-13/h1-7H,8H2,(H2,16,17,20). The molecule has 0 radical (unpaired) electrons. The summed E-state index contributed by atoms with van der Waals surface area (Å²) in [6, 6.07) is 12.6. The third-order valence-corrected chi connectivity index (χ3v) is 3.83. The summed E-state index contributed by atoms with van der Waals surface area (Å²) in [5.41, 5.74) is 2.44. The Hall–Kier alpha value is -2.18. The van der Waals surface area contributed by atoms with E-state index in [1.807, 2.05) is 24.3 Å². The molecule has 2 N–H and O–H groups in total. The first-order valence-electron chi connectivity index (χ1n) is 6.22. The number of nitrogens with one attached hydrogen (secondary N) is 2. The maximum absolute atomic E-state index is 11.8.